The molecule has 3 aromatic rings. The number of carbonyl (C=O) groups is 1. The summed E-state index contributed by atoms with van der Waals surface area (Å²) in [6.07, 6.45) is -1.97. The summed E-state index contributed by atoms with van der Waals surface area (Å²) >= 11 is 0. The highest BCUT2D eigenvalue weighted by molar-refractivity contribution is 7.27. The third kappa shape index (κ3) is 4.17. The van der Waals surface area contributed by atoms with E-state index in [1.54, 1.807) is 36.3 Å². The van der Waals surface area contributed by atoms with E-state index < -0.39 is 11.7 Å². The molecule has 0 fully saturated rings. The summed E-state index contributed by atoms with van der Waals surface area (Å²) in [7, 11) is 4.34. The lowest BCUT2D eigenvalue weighted by Gasteiger charge is -2.23. The van der Waals surface area contributed by atoms with Crippen molar-refractivity contribution < 1.29 is 18.0 Å². The van der Waals surface area contributed by atoms with E-state index in [-0.39, 0.29) is 0 Å². The summed E-state index contributed by atoms with van der Waals surface area (Å²) in [4.78, 5) is 17.3. The average Bonchev–Trinajstić information content (AvgIpc) is 2.66. The molecular formula is C20H16F3N2OP. The maximum atomic E-state index is 12.8. The molecule has 1 atom stereocenters. The van der Waals surface area contributed by atoms with Gasteiger partial charge < -0.3 is 4.90 Å². The molecule has 1 aromatic heterocycles. The van der Waals surface area contributed by atoms with Gasteiger partial charge in [-0.1, -0.05) is 0 Å². The first kappa shape index (κ1) is 19.1. The summed E-state index contributed by atoms with van der Waals surface area (Å²) in [5.41, 5.74) is 2.49. The van der Waals surface area contributed by atoms with Crippen molar-refractivity contribution in [3.8, 4) is 11.3 Å². The van der Waals surface area contributed by atoms with Gasteiger partial charge in [0.05, 0.1) is 16.9 Å². The minimum Gasteiger partial charge on any atom is -0.344 e. The molecular weight excluding hydrogens is 372 g/mol. The van der Waals surface area contributed by atoms with E-state index in [4.69, 9.17) is 0 Å². The van der Waals surface area contributed by atoms with Gasteiger partial charge in [-0.2, -0.15) is 13.2 Å². The highest BCUT2D eigenvalue weighted by Gasteiger charge is 2.30. The van der Waals surface area contributed by atoms with Crippen LogP contribution in [-0.2, 0) is 6.18 Å². The van der Waals surface area contributed by atoms with E-state index in [1.165, 1.54) is 12.1 Å². The summed E-state index contributed by atoms with van der Waals surface area (Å²) < 4.78 is 38.4. The number of nitrogens with zero attached hydrogens (tertiary/aromatic N) is 2. The fourth-order valence-electron chi connectivity index (χ4n) is 2.73. The number of hydrogen-bond acceptors (Lipinski definition) is 3. The molecule has 0 saturated heterocycles. The van der Waals surface area contributed by atoms with Gasteiger partial charge in [-0.3, -0.25) is 9.78 Å². The maximum Gasteiger partial charge on any atom is 0.416 e. The van der Waals surface area contributed by atoms with Crippen molar-refractivity contribution in [2.45, 2.75) is 6.18 Å². The minimum absolute atomic E-state index is 0.491. The lowest BCUT2D eigenvalue weighted by atomic mass is 10.0. The normalized spacial score (nSPS) is 11.3. The van der Waals surface area contributed by atoms with Gasteiger partial charge in [-0.05, 0) is 59.9 Å². The highest BCUT2D eigenvalue weighted by Crippen LogP contribution is 2.35. The fraction of sp³-hybridized carbons (Fsp3) is 0.100. The molecule has 1 heterocycles. The molecule has 138 valence electrons. The van der Waals surface area contributed by atoms with Crippen molar-refractivity contribution in [3.63, 3.8) is 0 Å². The molecule has 0 N–H and O–H groups in total. The Kier molecular flexibility index (Phi) is 5.29. The number of aldehydes is 1. The third-order valence-electron chi connectivity index (χ3n) is 4.16. The fourth-order valence-corrected chi connectivity index (χ4v) is 2.98. The second-order valence-electron chi connectivity index (χ2n) is 5.97. The lowest BCUT2D eigenvalue weighted by Crippen LogP contribution is -2.12. The molecule has 7 heteroatoms. The lowest BCUT2D eigenvalue weighted by molar-refractivity contribution is -0.137. The van der Waals surface area contributed by atoms with Crippen molar-refractivity contribution in [2.24, 2.45) is 0 Å². The zero-order valence-electron chi connectivity index (χ0n) is 14.4. The Morgan fingerprint density at radius 1 is 1.04 bits per heavy atom. The van der Waals surface area contributed by atoms with Crippen molar-refractivity contribution in [3.05, 3.63) is 71.9 Å². The maximum absolute atomic E-state index is 12.8. The molecule has 0 radical (unpaired) electrons. The number of aromatic nitrogens is 1. The predicted molar refractivity (Wildman–Crippen MR) is 104 cm³/mol. The largest absolute Gasteiger partial charge is 0.416 e. The Bertz CT molecular complexity index is 972. The van der Waals surface area contributed by atoms with Crippen LogP contribution in [0.3, 0.4) is 0 Å². The van der Waals surface area contributed by atoms with Crippen LogP contribution in [0.2, 0.25) is 0 Å². The van der Waals surface area contributed by atoms with Crippen molar-refractivity contribution in [1.29, 1.82) is 0 Å². The zero-order chi connectivity index (χ0) is 19.6. The smallest absolute Gasteiger partial charge is 0.344 e. The quantitative estimate of drug-likeness (QED) is 0.473. The van der Waals surface area contributed by atoms with Crippen LogP contribution >= 0.6 is 9.24 Å². The molecule has 0 spiro atoms. The minimum atomic E-state index is -4.38. The van der Waals surface area contributed by atoms with Crippen LogP contribution in [0.25, 0.3) is 11.3 Å². The zero-order valence-corrected chi connectivity index (χ0v) is 15.5. The van der Waals surface area contributed by atoms with Gasteiger partial charge in [0.15, 0.2) is 0 Å². The van der Waals surface area contributed by atoms with Gasteiger partial charge in [0.2, 0.25) is 0 Å². The Hall–Kier alpha value is -2.72. The Balaban J connectivity index is 2.06. The molecule has 3 nitrogen and oxygen atoms in total. The SMILES string of the molecule is CN(c1ccc(C(F)(F)F)cc1)c1ccc(C=O)cc1-c1cc(P)ccn1. The molecule has 0 amide bonds. The highest BCUT2D eigenvalue weighted by atomic mass is 31.0. The van der Waals surface area contributed by atoms with Crippen LogP contribution in [0, 0.1) is 0 Å². The summed E-state index contributed by atoms with van der Waals surface area (Å²) in [6.45, 7) is 0. The number of benzene rings is 2. The molecule has 27 heavy (non-hydrogen) atoms. The number of carbonyl (C=O) groups excluding carboxylic acids is 1. The number of alkyl halides is 3. The Morgan fingerprint density at radius 2 is 1.74 bits per heavy atom. The van der Waals surface area contributed by atoms with E-state index in [0.717, 1.165) is 29.4 Å². The standard InChI is InChI=1S/C20H16F3N2OP/c1-25(15-5-3-14(4-6-15)20(21,22)23)19-7-2-13(12-26)10-17(19)18-11-16(27)8-9-24-18/h2-12H,27H2,1H3. The summed E-state index contributed by atoms with van der Waals surface area (Å²) in [6, 6.07) is 13.8. The molecule has 3 rings (SSSR count). The number of rotatable bonds is 4. The van der Waals surface area contributed by atoms with Crippen LogP contribution in [0.4, 0.5) is 24.5 Å². The molecule has 0 aliphatic rings. The van der Waals surface area contributed by atoms with Crippen molar-refractivity contribution in [1.82, 2.24) is 4.98 Å². The van der Waals surface area contributed by atoms with Gasteiger partial charge >= 0.3 is 6.18 Å². The monoisotopic (exact) mass is 388 g/mol. The topological polar surface area (TPSA) is 33.2 Å². The second-order valence-corrected chi connectivity index (χ2v) is 6.64. The molecule has 1 unspecified atom stereocenters. The van der Waals surface area contributed by atoms with Gasteiger partial charge in [0.25, 0.3) is 0 Å². The first-order chi connectivity index (χ1) is 12.8. The molecule has 2 aromatic carbocycles. The molecule has 0 aliphatic carbocycles. The van der Waals surface area contributed by atoms with Crippen LogP contribution in [0.1, 0.15) is 15.9 Å². The third-order valence-corrected chi connectivity index (χ3v) is 4.52. The van der Waals surface area contributed by atoms with Crippen LogP contribution in [-0.4, -0.2) is 18.3 Å². The van der Waals surface area contributed by atoms with Gasteiger partial charge in [0, 0.05) is 30.1 Å². The van der Waals surface area contributed by atoms with Crippen molar-refractivity contribution in [2.75, 3.05) is 11.9 Å². The number of anilines is 2. The summed E-state index contributed by atoms with van der Waals surface area (Å²) in [5, 5.41) is 0.930. The van der Waals surface area contributed by atoms with Gasteiger partial charge in [-0.25, -0.2) is 0 Å². The number of halogens is 3. The van der Waals surface area contributed by atoms with E-state index in [2.05, 4.69) is 14.2 Å². The molecule has 0 aliphatic heterocycles. The van der Waals surface area contributed by atoms with Crippen molar-refractivity contribution >= 4 is 32.2 Å². The van der Waals surface area contributed by atoms with E-state index in [9.17, 15) is 18.0 Å². The van der Waals surface area contributed by atoms with E-state index >= 15 is 0 Å². The van der Waals surface area contributed by atoms with Crippen LogP contribution in [0.5, 0.6) is 0 Å². The second kappa shape index (κ2) is 7.49. The van der Waals surface area contributed by atoms with Gasteiger partial charge in [-0.15, -0.1) is 9.24 Å². The first-order valence-electron chi connectivity index (χ1n) is 8.01. The van der Waals surface area contributed by atoms with E-state index in [0.29, 0.717) is 22.5 Å². The average molecular weight is 388 g/mol. The summed E-state index contributed by atoms with van der Waals surface area (Å²) in [5.74, 6) is 0. The molecule has 0 saturated carbocycles. The van der Waals surface area contributed by atoms with Gasteiger partial charge in [0.1, 0.15) is 6.29 Å². The first-order valence-corrected chi connectivity index (χ1v) is 8.59. The Labute approximate surface area is 157 Å². The van der Waals surface area contributed by atoms with E-state index in [1.807, 2.05) is 12.1 Å². The number of pyridine rings is 1. The Morgan fingerprint density at radius 3 is 2.33 bits per heavy atom. The predicted octanol–water partition coefficient (Wildman–Crippen LogP) is 4.85. The van der Waals surface area contributed by atoms with Crippen LogP contribution < -0.4 is 10.2 Å². The number of hydrogen-bond donors (Lipinski definition) is 0. The van der Waals surface area contributed by atoms with Crippen LogP contribution in [0.15, 0.2) is 60.8 Å². The molecule has 0 bridgehead atoms.